The Morgan fingerprint density at radius 1 is 1.40 bits per heavy atom. The van der Waals surface area contributed by atoms with E-state index >= 15 is 0 Å². The van der Waals surface area contributed by atoms with E-state index in [4.69, 9.17) is 0 Å². The lowest BCUT2D eigenvalue weighted by Gasteiger charge is -2.09. The average molecular weight is 204 g/mol. The molecule has 0 atom stereocenters. The van der Waals surface area contributed by atoms with Crippen LogP contribution in [0.5, 0.6) is 0 Å². The molecule has 0 aromatic carbocycles. The minimum atomic E-state index is 0.193. The van der Waals surface area contributed by atoms with Gasteiger partial charge in [0.2, 0.25) is 5.91 Å². The Morgan fingerprint density at radius 3 is 2.87 bits per heavy atom. The molecule has 0 spiro atoms. The molecular weight excluding hydrogens is 188 g/mol. The number of nitrogens with one attached hydrogen (secondary N) is 1. The molecule has 1 heterocycles. The molecule has 80 valence electrons. The summed E-state index contributed by atoms with van der Waals surface area (Å²) in [5.41, 5.74) is 0.920. The molecule has 1 saturated carbocycles. The van der Waals surface area contributed by atoms with Crippen molar-refractivity contribution >= 4 is 5.91 Å². The lowest BCUT2D eigenvalue weighted by Crippen LogP contribution is -2.29. The van der Waals surface area contributed by atoms with E-state index in [9.17, 15) is 4.79 Å². The van der Waals surface area contributed by atoms with Gasteiger partial charge in [0, 0.05) is 12.1 Å². The van der Waals surface area contributed by atoms with Crippen molar-refractivity contribution < 1.29 is 4.79 Å². The molecule has 1 fully saturated rings. The van der Waals surface area contributed by atoms with E-state index in [1.807, 2.05) is 18.2 Å². The SMILES string of the molecule is O=C(NCc1ccccn1)C1CCCC1. The molecule has 1 amide bonds. The lowest BCUT2D eigenvalue weighted by molar-refractivity contribution is -0.124. The maximum Gasteiger partial charge on any atom is 0.223 e. The first kappa shape index (κ1) is 10.1. The predicted octanol–water partition coefficient (Wildman–Crippen LogP) is 1.89. The number of pyridine rings is 1. The summed E-state index contributed by atoms with van der Waals surface area (Å²) in [6, 6.07) is 5.74. The van der Waals surface area contributed by atoms with Gasteiger partial charge in [-0.25, -0.2) is 0 Å². The summed E-state index contributed by atoms with van der Waals surface area (Å²) in [6.45, 7) is 0.552. The summed E-state index contributed by atoms with van der Waals surface area (Å²) >= 11 is 0. The number of nitrogens with zero attached hydrogens (tertiary/aromatic N) is 1. The normalized spacial score (nSPS) is 16.5. The zero-order valence-electron chi connectivity index (χ0n) is 8.78. The molecule has 0 unspecified atom stereocenters. The minimum absolute atomic E-state index is 0.193. The molecular formula is C12H16N2O. The molecule has 1 aliphatic carbocycles. The number of hydrogen-bond donors (Lipinski definition) is 1. The molecule has 3 heteroatoms. The molecule has 0 radical (unpaired) electrons. The number of rotatable bonds is 3. The number of hydrogen-bond acceptors (Lipinski definition) is 2. The van der Waals surface area contributed by atoms with Gasteiger partial charge in [-0.15, -0.1) is 0 Å². The summed E-state index contributed by atoms with van der Waals surface area (Å²) in [5, 5.41) is 2.94. The fourth-order valence-corrected chi connectivity index (χ4v) is 2.01. The fraction of sp³-hybridized carbons (Fsp3) is 0.500. The van der Waals surface area contributed by atoms with Crippen LogP contribution in [0.4, 0.5) is 0 Å². The van der Waals surface area contributed by atoms with Crippen molar-refractivity contribution in [2.24, 2.45) is 5.92 Å². The zero-order valence-corrected chi connectivity index (χ0v) is 8.78. The van der Waals surface area contributed by atoms with Gasteiger partial charge in [-0.2, -0.15) is 0 Å². The quantitative estimate of drug-likeness (QED) is 0.817. The molecule has 3 nitrogen and oxygen atoms in total. The van der Waals surface area contributed by atoms with Gasteiger partial charge in [0.25, 0.3) is 0 Å². The Bertz CT molecular complexity index is 318. The smallest absolute Gasteiger partial charge is 0.223 e. The monoisotopic (exact) mass is 204 g/mol. The zero-order chi connectivity index (χ0) is 10.5. The molecule has 0 aliphatic heterocycles. The number of carbonyl (C=O) groups is 1. The largest absolute Gasteiger partial charge is 0.350 e. The van der Waals surface area contributed by atoms with Crippen LogP contribution in [0.1, 0.15) is 31.4 Å². The Labute approximate surface area is 89.9 Å². The molecule has 1 N–H and O–H groups in total. The standard InChI is InChI=1S/C12H16N2O/c15-12(10-5-1-2-6-10)14-9-11-7-3-4-8-13-11/h3-4,7-8,10H,1-2,5-6,9H2,(H,14,15). The molecule has 1 aromatic rings. The van der Waals surface area contributed by atoms with Crippen LogP contribution < -0.4 is 5.32 Å². The minimum Gasteiger partial charge on any atom is -0.350 e. The van der Waals surface area contributed by atoms with Gasteiger partial charge in [-0.3, -0.25) is 9.78 Å². The van der Waals surface area contributed by atoms with Gasteiger partial charge in [0.05, 0.1) is 12.2 Å². The highest BCUT2D eigenvalue weighted by atomic mass is 16.1. The van der Waals surface area contributed by atoms with Crippen molar-refractivity contribution in [2.45, 2.75) is 32.2 Å². The van der Waals surface area contributed by atoms with Crippen molar-refractivity contribution in [1.29, 1.82) is 0 Å². The van der Waals surface area contributed by atoms with Crippen molar-refractivity contribution in [1.82, 2.24) is 10.3 Å². The second-order valence-electron chi connectivity index (χ2n) is 4.02. The second kappa shape index (κ2) is 4.91. The first-order chi connectivity index (χ1) is 7.36. The first-order valence-electron chi connectivity index (χ1n) is 5.54. The van der Waals surface area contributed by atoms with E-state index in [-0.39, 0.29) is 11.8 Å². The average Bonchev–Trinajstić information content (AvgIpc) is 2.81. The summed E-state index contributed by atoms with van der Waals surface area (Å²) in [5.74, 6) is 0.437. The van der Waals surface area contributed by atoms with E-state index in [1.54, 1.807) is 6.20 Å². The summed E-state index contributed by atoms with van der Waals surface area (Å²) < 4.78 is 0. The first-order valence-corrected chi connectivity index (χ1v) is 5.54. The number of amides is 1. The third-order valence-corrected chi connectivity index (χ3v) is 2.90. The van der Waals surface area contributed by atoms with Crippen LogP contribution in [0.3, 0.4) is 0 Å². The molecule has 1 aliphatic rings. The van der Waals surface area contributed by atoms with Gasteiger partial charge >= 0.3 is 0 Å². The molecule has 0 saturated heterocycles. The lowest BCUT2D eigenvalue weighted by atomic mass is 10.1. The van der Waals surface area contributed by atoms with Crippen LogP contribution in [-0.2, 0) is 11.3 Å². The van der Waals surface area contributed by atoms with Crippen molar-refractivity contribution in [3.05, 3.63) is 30.1 Å². The van der Waals surface area contributed by atoms with E-state index in [2.05, 4.69) is 10.3 Å². The van der Waals surface area contributed by atoms with Crippen LogP contribution in [0, 0.1) is 5.92 Å². The molecule has 2 rings (SSSR count). The van der Waals surface area contributed by atoms with Gasteiger partial charge in [-0.1, -0.05) is 18.9 Å². The Hall–Kier alpha value is -1.38. The highest BCUT2D eigenvalue weighted by Crippen LogP contribution is 2.24. The van der Waals surface area contributed by atoms with Crippen LogP contribution >= 0.6 is 0 Å². The van der Waals surface area contributed by atoms with Crippen LogP contribution in [0.2, 0.25) is 0 Å². The van der Waals surface area contributed by atoms with Crippen LogP contribution in [0.15, 0.2) is 24.4 Å². The van der Waals surface area contributed by atoms with Crippen LogP contribution in [-0.4, -0.2) is 10.9 Å². The van der Waals surface area contributed by atoms with Gasteiger partial charge in [-0.05, 0) is 25.0 Å². The molecule has 15 heavy (non-hydrogen) atoms. The van der Waals surface area contributed by atoms with Crippen LogP contribution in [0.25, 0.3) is 0 Å². The summed E-state index contributed by atoms with van der Waals surface area (Å²) in [4.78, 5) is 15.8. The maximum atomic E-state index is 11.7. The fourth-order valence-electron chi connectivity index (χ4n) is 2.01. The van der Waals surface area contributed by atoms with Crippen molar-refractivity contribution in [2.75, 3.05) is 0 Å². The number of carbonyl (C=O) groups excluding carboxylic acids is 1. The predicted molar refractivity (Wildman–Crippen MR) is 58.0 cm³/mol. The van der Waals surface area contributed by atoms with Gasteiger partial charge < -0.3 is 5.32 Å². The summed E-state index contributed by atoms with van der Waals surface area (Å²) in [6.07, 6.45) is 6.24. The van der Waals surface area contributed by atoms with Crippen molar-refractivity contribution in [3.8, 4) is 0 Å². The van der Waals surface area contributed by atoms with E-state index in [0.29, 0.717) is 6.54 Å². The molecule has 0 bridgehead atoms. The summed E-state index contributed by atoms with van der Waals surface area (Å²) in [7, 11) is 0. The van der Waals surface area contributed by atoms with Crippen molar-refractivity contribution in [3.63, 3.8) is 0 Å². The van der Waals surface area contributed by atoms with Gasteiger partial charge in [0.15, 0.2) is 0 Å². The Morgan fingerprint density at radius 2 is 2.20 bits per heavy atom. The Kier molecular flexibility index (Phi) is 3.33. The van der Waals surface area contributed by atoms with E-state index in [0.717, 1.165) is 18.5 Å². The van der Waals surface area contributed by atoms with E-state index < -0.39 is 0 Å². The van der Waals surface area contributed by atoms with Gasteiger partial charge in [0.1, 0.15) is 0 Å². The third kappa shape index (κ3) is 2.78. The number of aromatic nitrogens is 1. The molecule has 1 aromatic heterocycles. The third-order valence-electron chi connectivity index (χ3n) is 2.90. The highest BCUT2D eigenvalue weighted by molar-refractivity contribution is 5.78. The highest BCUT2D eigenvalue weighted by Gasteiger charge is 2.21. The van der Waals surface area contributed by atoms with E-state index in [1.165, 1.54) is 12.8 Å². The maximum absolute atomic E-state index is 11.7. The topological polar surface area (TPSA) is 42.0 Å². The Balaban J connectivity index is 1.80. The second-order valence-corrected chi connectivity index (χ2v) is 4.02.